The van der Waals surface area contributed by atoms with Crippen molar-refractivity contribution in [3.63, 3.8) is 0 Å². The molecule has 0 fully saturated rings. The predicted molar refractivity (Wildman–Crippen MR) is 132 cm³/mol. The molecule has 0 radical (unpaired) electrons. The fourth-order valence-electron chi connectivity index (χ4n) is 3.88. The van der Waals surface area contributed by atoms with Gasteiger partial charge in [-0.2, -0.15) is 0 Å². The van der Waals surface area contributed by atoms with Gasteiger partial charge in [-0.25, -0.2) is 4.68 Å². The lowest BCUT2D eigenvalue weighted by Gasteiger charge is -2.10. The molecule has 2 aromatic heterocycles. The number of benzene rings is 3. The van der Waals surface area contributed by atoms with Crippen LogP contribution in [0.5, 0.6) is 0 Å². The molecular weight excluding hydrogens is 442 g/mol. The van der Waals surface area contributed by atoms with Crippen LogP contribution < -0.4 is 5.32 Å². The van der Waals surface area contributed by atoms with Crippen LogP contribution in [-0.2, 0) is 0 Å². The third-order valence-electron chi connectivity index (χ3n) is 5.72. The number of furan rings is 1. The Labute approximate surface area is 201 Å². The quantitative estimate of drug-likeness (QED) is 0.334. The van der Waals surface area contributed by atoms with Crippen LogP contribution in [-0.4, -0.2) is 31.9 Å². The second-order valence-corrected chi connectivity index (χ2v) is 8.57. The molecule has 8 nitrogen and oxygen atoms in total. The molecule has 0 aliphatic heterocycles. The summed E-state index contributed by atoms with van der Waals surface area (Å²) in [6, 6.07) is 21.6. The lowest BCUT2D eigenvalue weighted by molar-refractivity contribution is 0.101. The highest BCUT2D eigenvalue weighted by Crippen LogP contribution is 2.33. The summed E-state index contributed by atoms with van der Waals surface area (Å²) in [5.74, 6) is -0.0248. The van der Waals surface area contributed by atoms with Gasteiger partial charge in [-0.3, -0.25) is 9.59 Å². The summed E-state index contributed by atoms with van der Waals surface area (Å²) in [5, 5.41) is 15.5. The van der Waals surface area contributed by atoms with Crippen molar-refractivity contribution >= 4 is 28.3 Å². The minimum absolute atomic E-state index is 0.0603. The Morgan fingerprint density at radius 3 is 2.49 bits per heavy atom. The zero-order chi connectivity index (χ0) is 24.5. The molecule has 5 aromatic rings. The summed E-state index contributed by atoms with van der Waals surface area (Å²) in [5.41, 5.74) is 3.50. The molecule has 0 spiro atoms. The maximum absolute atomic E-state index is 13.3. The number of rotatable bonds is 6. The van der Waals surface area contributed by atoms with E-state index in [4.69, 9.17) is 4.42 Å². The number of ketones is 1. The number of nitrogens with one attached hydrogen (secondary N) is 1. The molecule has 2 heterocycles. The molecule has 0 bridgehead atoms. The summed E-state index contributed by atoms with van der Waals surface area (Å²) >= 11 is 0. The standard InChI is InChI=1S/C27H23N5O3/c1-16(2)32-26(29-30-31-32)19-7-6-8-20(15-19)27(34)28-23-21-9-4-5-10-22(21)35-25(23)24(33)18-13-11-17(3)12-14-18/h4-16H,1-3H3,(H,28,34). The fraction of sp³-hybridized carbons (Fsp3) is 0.148. The van der Waals surface area contributed by atoms with E-state index in [-0.39, 0.29) is 23.5 Å². The van der Waals surface area contributed by atoms with Crippen molar-refractivity contribution in [1.29, 1.82) is 0 Å². The van der Waals surface area contributed by atoms with E-state index in [0.29, 0.717) is 39.2 Å². The average Bonchev–Trinajstić information content (AvgIpc) is 3.50. The highest BCUT2D eigenvalue weighted by atomic mass is 16.3. The van der Waals surface area contributed by atoms with Gasteiger partial charge < -0.3 is 9.73 Å². The third kappa shape index (κ3) is 4.21. The number of fused-ring (bicyclic) bond motifs is 1. The van der Waals surface area contributed by atoms with Gasteiger partial charge in [0.05, 0.1) is 11.7 Å². The topological polar surface area (TPSA) is 103 Å². The fourth-order valence-corrected chi connectivity index (χ4v) is 3.88. The van der Waals surface area contributed by atoms with Crippen LogP contribution in [0, 0.1) is 6.92 Å². The van der Waals surface area contributed by atoms with Crippen LogP contribution in [0.3, 0.4) is 0 Å². The monoisotopic (exact) mass is 465 g/mol. The van der Waals surface area contributed by atoms with Gasteiger partial charge >= 0.3 is 0 Å². The van der Waals surface area contributed by atoms with Crippen LogP contribution in [0.15, 0.2) is 77.2 Å². The number of carbonyl (C=O) groups excluding carboxylic acids is 2. The number of hydrogen-bond acceptors (Lipinski definition) is 6. The third-order valence-corrected chi connectivity index (χ3v) is 5.72. The number of amides is 1. The van der Waals surface area contributed by atoms with E-state index in [0.717, 1.165) is 5.56 Å². The Kier molecular flexibility index (Phi) is 5.70. The second-order valence-electron chi connectivity index (χ2n) is 8.57. The smallest absolute Gasteiger partial charge is 0.255 e. The van der Waals surface area contributed by atoms with Crippen molar-refractivity contribution in [3.05, 3.63) is 95.2 Å². The van der Waals surface area contributed by atoms with E-state index in [1.54, 1.807) is 41.1 Å². The van der Waals surface area contributed by atoms with Crippen molar-refractivity contribution in [3.8, 4) is 11.4 Å². The highest BCUT2D eigenvalue weighted by molar-refractivity contribution is 6.19. The molecule has 174 valence electrons. The Morgan fingerprint density at radius 2 is 1.71 bits per heavy atom. The van der Waals surface area contributed by atoms with Gasteiger partial charge in [0.25, 0.3) is 5.91 Å². The lowest BCUT2D eigenvalue weighted by atomic mass is 10.0. The maximum Gasteiger partial charge on any atom is 0.255 e. The number of aryl methyl sites for hydroxylation is 1. The second kappa shape index (κ2) is 8.98. The van der Waals surface area contributed by atoms with E-state index in [2.05, 4.69) is 20.8 Å². The molecule has 1 amide bonds. The van der Waals surface area contributed by atoms with E-state index in [1.807, 2.05) is 57.2 Å². The minimum atomic E-state index is -0.375. The number of aromatic nitrogens is 4. The number of hydrogen-bond donors (Lipinski definition) is 1. The van der Waals surface area contributed by atoms with E-state index >= 15 is 0 Å². The molecule has 0 saturated heterocycles. The van der Waals surface area contributed by atoms with Crippen LogP contribution in [0.4, 0.5) is 5.69 Å². The highest BCUT2D eigenvalue weighted by Gasteiger charge is 2.24. The predicted octanol–water partition coefficient (Wildman–Crippen LogP) is 5.46. The Bertz CT molecular complexity index is 1550. The molecule has 8 heteroatoms. The molecule has 3 aromatic carbocycles. The molecule has 0 saturated carbocycles. The molecular formula is C27H23N5O3. The molecule has 5 rings (SSSR count). The van der Waals surface area contributed by atoms with Crippen molar-refractivity contribution in [2.75, 3.05) is 5.32 Å². The van der Waals surface area contributed by atoms with Gasteiger partial charge in [0.15, 0.2) is 11.6 Å². The molecule has 0 aliphatic carbocycles. The first kappa shape index (κ1) is 22.2. The van der Waals surface area contributed by atoms with Gasteiger partial charge in [-0.1, -0.05) is 54.1 Å². The van der Waals surface area contributed by atoms with E-state index in [1.165, 1.54) is 0 Å². The number of carbonyl (C=O) groups is 2. The summed E-state index contributed by atoms with van der Waals surface area (Å²) in [6.45, 7) is 5.91. The Balaban J connectivity index is 1.52. The van der Waals surface area contributed by atoms with Gasteiger partial charge in [0.1, 0.15) is 5.58 Å². The summed E-state index contributed by atoms with van der Waals surface area (Å²) < 4.78 is 7.61. The first-order valence-electron chi connectivity index (χ1n) is 11.2. The van der Waals surface area contributed by atoms with Gasteiger partial charge in [0, 0.05) is 22.1 Å². The number of anilines is 1. The van der Waals surface area contributed by atoms with Crippen molar-refractivity contribution in [1.82, 2.24) is 20.2 Å². The first-order valence-corrected chi connectivity index (χ1v) is 11.2. The van der Waals surface area contributed by atoms with Crippen LogP contribution in [0.25, 0.3) is 22.4 Å². The van der Waals surface area contributed by atoms with Crippen molar-refractivity contribution in [2.45, 2.75) is 26.8 Å². The van der Waals surface area contributed by atoms with E-state index in [9.17, 15) is 9.59 Å². The van der Waals surface area contributed by atoms with Crippen LogP contribution in [0.1, 0.15) is 51.9 Å². The average molecular weight is 466 g/mol. The Hall–Kier alpha value is -4.59. The van der Waals surface area contributed by atoms with Crippen LogP contribution in [0.2, 0.25) is 0 Å². The van der Waals surface area contributed by atoms with Crippen molar-refractivity contribution in [2.24, 2.45) is 0 Å². The van der Waals surface area contributed by atoms with Gasteiger partial charge in [0.2, 0.25) is 5.78 Å². The van der Waals surface area contributed by atoms with Gasteiger partial charge in [-0.05, 0) is 55.5 Å². The zero-order valence-electron chi connectivity index (χ0n) is 19.5. The lowest BCUT2D eigenvalue weighted by Crippen LogP contribution is -2.14. The molecule has 0 aliphatic rings. The molecule has 0 unspecified atom stereocenters. The molecule has 0 atom stereocenters. The first-order chi connectivity index (χ1) is 16.9. The summed E-state index contributed by atoms with van der Waals surface area (Å²) in [7, 11) is 0. The van der Waals surface area contributed by atoms with Crippen LogP contribution >= 0.6 is 0 Å². The SMILES string of the molecule is Cc1ccc(C(=O)c2oc3ccccc3c2NC(=O)c2cccc(-c3nnnn3C(C)C)c2)cc1. The Morgan fingerprint density at radius 1 is 0.943 bits per heavy atom. The number of tetrazole rings is 1. The summed E-state index contributed by atoms with van der Waals surface area (Å²) in [4.78, 5) is 26.6. The number of para-hydroxylation sites is 1. The molecule has 1 N–H and O–H groups in total. The normalized spacial score (nSPS) is 11.2. The van der Waals surface area contributed by atoms with Gasteiger partial charge in [-0.15, -0.1) is 5.10 Å². The van der Waals surface area contributed by atoms with Crippen molar-refractivity contribution < 1.29 is 14.0 Å². The maximum atomic E-state index is 13.3. The largest absolute Gasteiger partial charge is 0.450 e. The number of nitrogens with zero attached hydrogens (tertiary/aromatic N) is 4. The van der Waals surface area contributed by atoms with E-state index < -0.39 is 0 Å². The minimum Gasteiger partial charge on any atom is -0.450 e. The summed E-state index contributed by atoms with van der Waals surface area (Å²) in [6.07, 6.45) is 0. The molecule has 35 heavy (non-hydrogen) atoms. The zero-order valence-corrected chi connectivity index (χ0v) is 19.5.